The average Bonchev–Trinajstić information content (AvgIpc) is 2.20. The summed E-state index contributed by atoms with van der Waals surface area (Å²) in [4.78, 5) is 0. The Kier molecular flexibility index (Phi) is 4.24. The summed E-state index contributed by atoms with van der Waals surface area (Å²) in [5, 5.41) is 27.9. The Morgan fingerprint density at radius 1 is 1.14 bits per heavy atom. The molecule has 0 aromatic carbocycles. The normalized spacial score (nSPS) is 43.9. The number of ether oxygens (including phenoxy) is 3. The second-order valence-corrected chi connectivity index (χ2v) is 3.14. The van der Waals surface area contributed by atoms with Crippen LogP contribution in [0.3, 0.4) is 0 Å². The van der Waals surface area contributed by atoms with Crippen molar-refractivity contribution < 1.29 is 29.5 Å². The van der Waals surface area contributed by atoms with Crippen LogP contribution in [0.25, 0.3) is 0 Å². The van der Waals surface area contributed by atoms with Crippen LogP contribution in [0.1, 0.15) is 0 Å². The Balaban J connectivity index is 2.73. The quantitative estimate of drug-likeness (QED) is 0.501. The fourth-order valence-electron chi connectivity index (χ4n) is 1.58. The molecule has 6 heteroatoms. The highest BCUT2D eigenvalue weighted by Crippen LogP contribution is 2.23. The monoisotopic (exact) mass is 208 g/mol. The van der Waals surface area contributed by atoms with Crippen LogP contribution < -0.4 is 0 Å². The van der Waals surface area contributed by atoms with Gasteiger partial charge in [0.2, 0.25) is 0 Å². The van der Waals surface area contributed by atoms with Crippen molar-refractivity contribution in [2.45, 2.75) is 30.7 Å². The molecular weight excluding hydrogens is 192 g/mol. The van der Waals surface area contributed by atoms with Crippen molar-refractivity contribution in [3.63, 3.8) is 0 Å². The molecule has 0 aliphatic carbocycles. The molecular formula is C8H16O6. The molecule has 1 aliphatic rings. The van der Waals surface area contributed by atoms with Crippen LogP contribution in [0.15, 0.2) is 0 Å². The minimum atomic E-state index is -1.20. The third-order valence-electron chi connectivity index (χ3n) is 2.36. The lowest BCUT2D eigenvalue weighted by molar-refractivity contribution is -0.295. The zero-order chi connectivity index (χ0) is 10.7. The van der Waals surface area contributed by atoms with E-state index >= 15 is 0 Å². The second kappa shape index (κ2) is 5.01. The third-order valence-corrected chi connectivity index (χ3v) is 2.36. The number of aliphatic hydroxyl groups is 3. The Morgan fingerprint density at radius 2 is 1.71 bits per heavy atom. The van der Waals surface area contributed by atoms with Crippen molar-refractivity contribution in [3.05, 3.63) is 0 Å². The van der Waals surface area contributed by atoms with E-state index in [9.17, 15) is 10.2 Å². The summed E-state index contributed by atoms with van der Waals surface area (Å²) in [7, 11) is 2.78. The first-order valence-electron chi connectivity index (χ1n) is 4.33. The molecule has 1 aliphatic heterocycles. The number of aliphatic hydroxyl groups excluding tert-OH is 3. The predicted molar refractivity (Wildman–Crippen MR) is 45.6 cm³/mol. The van der Waals surface area contributed by atoms with E-state index in [1.807, 2.05) is 0 Å². The second-order valence-electron chi connectivity index (χ2n) is 3.14. The van der Waals surface area contributed by atoms with Gasteiger partial charge in [0.1, 0.15) is 24.4 Å². The summed E-state index contributed by atoms with van der Waals surface area (Å²) in [6.07, 6.45) is -4.52. The summed E-state index contributed by atoms with van der Waals surface area (Å²) in [5.41, 5.74) is 0. The van der Waals surface area contributed by atoms with Gasteiger partial charge in [-0.25, -0.2) is 0 Å². The van der Waals surface area contributed by atoms with Gasteiger partial charge in [0.25, 0.3) is 0 Å². The summed E-state index contributed by atoms with van der Waals surface area (Å²) in [6.45, 7) is -0.380. The molecule has 3 unspecified atom stereocenters. The van der Waals surface area contributed by atoms with E-state index in [1.54, 1.807) is 0 Å². The van der Waals surface area contributed by atoms with E-state index in [1.165, 1.54) is 14.2 Å². The lowest BCUT2D eigenvalue weighted by atomic mass is 9.99. The predicted octanol–water partition coefficient (Wildman–Crippen LogP) is -1.91. The van der Waals surface area contributed by atoms with Crippen molar-refractivity contribution in [2.75, 3.05) is 20.8 Å². The Bertz CT molecular complexity index is 175. The molecule has 1 rings (SSSR count). The summed E-state index contributed by atoms with van der Waals surface area (Å²) in [5.74, 6) is 0. The maximum Gasteiger partial charge on any atom is 0.184 e. The van der Waals surface area contributed by atoms with Gasteiger partial charge in [0.15, 0.2) is 6.29 Å². The van der Waals surface area contributed by atoms with Gasteiger partial charge < -0.3 is 29.5 Å². The molecule has 6 nitrogen and oxygen atoms in total. The van der Waals surface area contributed by atoms with Gasteiger partial charge in [0.05, 0.1) is 6.61 Å². The molecule has 0 aromatic rings. The fourth-order valence-corrected chi connectivity index (χ4v) is 1.58. The van der Waals surface area contributed by atoms with Crippen LogP contribution in [-0.2, 0) is 14.2 Å². The smallest absolute Gasteiger partial charge is 0.184 e. The zero-order valence-corrected chi connectivity index (χ0v) is 8.16. The van der Waals surface area contributed by atoms with Crippen LogP contribution in [0, 0.1) is 0 Å². The van der Waals surface area contributed by atoms with Gasteiger partial charge in [-0.05, 0) is 0 Å². The highest BCUT2D eigenvalue weighted by Gasteiger charge is 2.44. The molecule has 3 N–H and O–H groups in total. The Labute approximate surface area is 82.0 Å². The molecule has 14 heavy (non-hydrogen) atoms. The minimum absolute atomic E-state index is 0.380. The van der Waals surface area contributed by atoms with Crippen LogP contribution in [0.2, 0.25) is 0 Å². The summed E-state index contributed by atoms with van der Waals surface area (Å²) < 4.78 is 14.8. The molecule has 0 bridgehead atoms. The van der Waals surface area contributed by atoms with Gasteiger partial charge in [0, 0.05) is 14.2 Å². The molecule has 0 aromatic heterocycles. The highest BCUT2D eigenvalue weighted by molar-refractivity contribution is 4.90. The van der Waals surface area contributed by atoms with Crippen molar-refractivity contribution in [1.82, 2.24) is 0 Å². The lowest BCUT2D eigenvalue weighted by Gasteiger charge is -2.40. The number of hydrogen-bond acceptors (Lipinski definition) is 6. The minimum Gasteiger partial charge on any atom is -0.394 e. The number of rotatable bonds is 3. The molecule has 0 radical (unpaired) electrons. The Hall–Kier alpha value is -0.240. The maximum absolute atomic E-state index is 9.65. The lowest BCUT2D eigenvalue weighted by Crippen LogP contribution is -2.59. The van der Waals surface area contributed by atoms with Crippen LogP contribution in [-0.4, -0.2) is 66.9 Å². The number of methoxy groups -OCH3 is 2. The number of hydrogen-bond donors (Lipinski definition) is 3. The third kappa shape index (κ3) is 2.05. The SMILES string of the molecule is COC1C(OC)[C@H](O)OC(CO)[C@H]1O. The molecule has 1 saturated heterocycles. The first-order chi connectivity index (χ1) is 6.65. The van der Waals surface area contributed by atoms with E-state index in [0.717, 1.165) is 0 Å². The topological polar surface area (TPSA) is 88.4 Å². The van der Waals surface area contributed by atoms with Crippen LogP contribution in [0.4, 0.5) is 0 Å². The molecule has 0 saturated carbocycles. The zero-order valence-electron chi connectivity index (χ0n) is 8.16. The molecule has 1 heterocycles. The van der Waals surface area contributed by atoms with E-state index in [-0.39, 0.29) is 6.61 Å². The molecule has 0 spiro atoms. The Morgan fingerprint density at radius 3 is 2.14 bits per heavy atom. The van der Waals surface area contributed by atoms with Crippen LogP contribution in [0.5, 0.6) is 0 Å². The van der Waals surface area contributed by atoms with Crippen molar-refractivity contribution >= 4 is 0 Å². The summed E-state index contributed by atoms with van der Waals surface area (Å²) in [6, 6.07) is 0. The van der Waals surface area contributed by atoms with E-state index in [2.05, 4.69) is 0 Å². The van der Waals surface area contributed by atoms with Gasteiger partial charge in [-0.3, -0.25) is 0 Å². The largest absolute Gasteiger partial charge is 0.394 e. The van der Waals surface area contributed by atoms with Crippen molar-refractivity contribution in [2.24, 2.45) is 0 Å². The van der Waals surface area contributed by atoms with Gasteiger partial charge in [-0.2, -0.15) is 0 Å². The molecule has 0 amide bonds. The van der Waals surface area contributed by atoms with E-state index in [4.69, 9.17) is 19.3 Å². The van der Waals surface area contributed by atoms with Gasteiger partial charge >= 0.3 is 0 Å². The average molecular weight is 208 g/mol. The van der Waals surface area contributed by atoms with Crippen molar-refractivity contribution in [3.8, 4) is 0 Å². The maximum atomic E-state index is 9.65. The van der Waals surface area contributed by atoms with E-state index < -0.39 is 30.7 Å². The van der Waals surface area contributed by atoms with Crippen LogP contribution >= 0.6 is 0 Å². The fraction of sp³-hybridized carbons (Fsp3) is 1.00. The van der Waals surface area contributed by atoms with Gasteiger partial charge in [-0.15, -0.1) is 0 Å². The first-order valence-corrected chi connectivity index (χ1v) is 4.33. The van der Waals surface area contributed by atoms with E-state index in [0.29, 0.717) is 0 Å². The molecule has 5 atom stereocenters. The molecule has 1 fully saturated rings. The van der Waals surface area contributed by atoms with Crippen molar-refractivity contribution in [1.29, 1.82) is 0 Å². The molecule has 84 valence electrons. The van der Waals surface area contributed by atoms with Gasteiger partial charge in [-0.1, -0.05) is 0 Å². The first kappa shape index (κ1) is 11.8. The standard InChI is InChI=1S/C8H16O6/c1-12-6-5(10)4(3-9)14-8(11)7(6)13-2/h4-11H,3H2,1-2H3/t4?,5-,6?,7?,8-/m1/s1. The summed E-state index contributed by atoms with van der Waals surface area (Å²) >= 11 is 0. The highest BCUT2D eigenvalue weighted by atomic mass is 16.7.